The Morgan fingerprint density at radius 1 is 1.33 bits per heavy atom. The van der Waals surface area contributed by atoms with Crippen LogP contribution in [0.3, 0.4) is 0 Å². The molecule has 0 radical (unpaired) electrons. The van der Waals surface area contributed by atoms with Crippen molar-refractivity contribution >= 4 is 39.1 Å². The van der Waals surface area contributed by atoms with Gasteiger partial charge in [0.15, 0.2) is 6.10 Å². The van der Waals surface area contributed by atoms with E-state index in [4.69, 9.17) is 16.3 Å². The molecule has 0 aliphatic carbocycles. The zero-order valence-electron chi connectivity index (χ0n) is 11.1. The van der Waals surface area contributed by atoms with Crippen LogP contribution in [0.5, 0.6) is 5.75 Å². The van der Waals surface area contributed by atoms with Crippen molar-refractivity contribution in [3.63, 3.8) is 0 Å². The van der Waals surface area contributed by atoms with E-state index in [0.717, 1.165) is 0 Å². The zero-order chi connectivity index (χ0) is 15.4. The van der Waals surface area contributed by atoms with E-state index in [9.17, 15) is 9.18 Å². The average Bonchev–Trinajstić information content (AvgIpc) is 2.41. The van der Waals surface area contributed by atoms with Crippen LogP contribution in [0.4, 0.5) is 10.1 Å². The predicted octanol–water partition coefficient (Wildman–Crippen LogP) is 4.65. The minimum Gasteiger partial charge on any atom is -0.480 e. The monoisotopic (exact) mass is 371 g/mol. The SMILES string of the molecule is C[C@H](Oc1ccc(Cl)cc1Br)C(=O)Nc1cccc(F)c1. The maximum atomic E-state index is 13.1. The lowest BCUT2D eigenvalue weighted by molar-refractivity contribution is -0.122. The third-order valence-electron chi connectivity index (χ3n) is 2.66. The quantitative estimate of drug-likeness (QED) is 0.848. The van der Waals surface area contributed by atoms with E-state index in [0.29, 0.717) is 20.9 Å². The van der Waals surface area contributed by atoms with E-state index in [1.807, 2.05) is 0 Å². The standard InChI is InChI=1S/C15H12BrClFNO2/c1-9(21-14-6-5-10(17)7-13(14)16)15(20)19-12-4-2-3-11(18)8-12/h2-9H,1H3,(H,19,20)/t9-/m0/s1. The average molecular weight is 373 g/mol. The van der Waals surface area contributed by atoms with E-state index in [-0.39, 0.29) is 5.91 Å². The van der Waals surface area contributed by atoms with Crippen LogP contribution < -0.4 is 10.1 Å². The lowest BCUT2D eigenvalue weighted by atomic mass is 10.3. The highest BCUT2D eigenvalue weighted by Crippen LogP contribution is 2.28. The molecule has 0 saturated heterocycles. The summed E-state index contributed by atoms with van der Waals surface area (Å²) in [6, 6.07) is 10.7. The molecule has 0 bridgehead atoms. The fourth-order valence-corrected chi connectivity index (χ4v) is 2.40. The highest BCUT2D eigenvalue weighted by Gasteiger charge is 2.16. The van der Waals surface area contributed by atoms with Crippen LogP contribution in [-0.4, -0.2) is 12.0 Å². The Hall–Kier alpha value is -1.59. The molecule has 0 aromatic heterocycles. The topological polar surface area (TPSA) is 38.3 Å². The fourth-order valence-electron chi connectivity index (χ4n) is 1.62. The van der Waals surface area contributed by atoms with Crippen molar-refractivity contribution in [1.29, 1.82) is 0 Å². The highest BCUT2D eigenvalue weighted by molar-refractivity contribution is 9.10. The Balaban J connectivity index is 2.02. The first-order chi connectivity index (χ1) is 9.95. The molecule has 0 aliphatic rings. The molecule has 6 heteroatoms. The molecule has 21 heavy (non-hydrogen) atoms. The summed E-state index contributed by atoms with van der Waals surface area (Å²) in [5.74, 6) is -0.287. The number of nitrogens with one attached hydrogen (secondary N) is 1. The van der Waals surface area contributed by atoms with Crippen LogP contribution in [0.2, 0.25) is 5.02 Å². The largest absolute Gasteiger partial charge is 0.480 e. The fraction of sp³-hybridized carbons (Fsp3) is 0.133. The highest BCUT2D eigenvalue weighted by atomic mass is 79.9. The summed E-state index contributed by atoms with van der Waals surface area (Å²) in [7, 11) is 0. The number of hydrogen-bond acceptors (Lipinski definition) is 2. The van der Waals surface area contributed by atoms with E-state index in [2.05, 4.69) is 21.2 Å². The van der Waals surface area contributed by atoms with Crippen LogP contribution in [0.15, 0.2) is 46.9 Å². The molecule has 2 aromatic rings. The maximum absolute atomic E-state index is 13.1. The van der Waals surface area contributed by atoms with Gasteiger partial charge in [0.05, 0.1) is 4.47 Å². The van der Waals surface area contributed by atoms with Gasteiger partial charge in [0.25, 0.3) is 5.91 Å². The summed E-state index contributed by atoms with van der Waals surface area (Å²) >= 11 is 9.15. The first kappa shape index (κ1) is 15.8. The minimum atomic E-state index is -0.745. The van der Waals surface area contributed by atoms with Crippen molar-refractivity contribution in [3.05, 3.63) is 57.8 Å². The maximum Gasteiger partial charge on any atom is 0.265 e. The van der Waals surface area contributed by atoms with Crippen molar-refractivity contribution in [3.8, 4) is 5.75 Å². The number of carbonyl (C=O) groups excluding carboxylic acids is 1. The molecule has 0 heterocycles. The second-order valence-corrected chi connectivity index (χ2v) is 5.63. The Bertz CT molecular complexity index is 666. The predicted molar refractivity (Wildman–Crippen MR) is 84.3 cm³/mol. The van der Waals surface area contributed by atoms with Gasteiger partial charge < -0.3 is 10.1 Å². The van der Waals surface area contributed by atoms with E-state index in [1.54, 1.807) is 31.2 Å². The Kier molecular flexibility index (Phi) is 5.20. The molecule has 0 spiro atoms. The lowest BCUT2D eigenvalue weighted by Gasteiger charge is -2.16. The number of carbonyl (C=O) groups is 1. The number of amides is 1. The van der Waals surface area contributed by atoms with Crippen molar-refractivity contribution < 1.29 is 13.9 Å². The van der Waals surface area contributed by atoms with Gasteiger partial charge in [0.2, 0.25) is 0 Å². The van der Waals surface area contributed by atoms with Gasteiger partial charge in [0.1, 0.15) is 11.6 Å². The molecule has 1 amide bonds. The number of rotatable bonds is 4. The molecule has 2 aromatic carbocycles. The Morgan fingerprint density at radius 2 is 2.10 bits per heavy atom. The van der Waals surface area contributed by atoms with Crippen molar-refractivity contribution in [1.82, 2.24) is 0 Å². The third kappa shape index (κ3) is 4.44. The molecule has 0 unspecified atom stereocenters. The summed E-state index contributed by atoms with van der Waals surface area (Å²) in [4.78, 5) is 12.0. The second kappa shape index (κ2) is 6.91. The first-order valence-corrected chi connectivity index (χ1v) is 7.31. The molecule has 3 nitrogen and oxygen atoms in total. The number of halogens is 3. The van der Waals surface area contributed by atoms with Crippen LogP contribution >= 0.6 is 27.5 Å². The molecule has 1 N–H and O–H groups in total. The van der Waals surface area contributed by atoms with Gasteiger partial charge in [-0.05, 0) is 59.3 Å². The number of benzene rings is 2. The number of hydrogen-bond donors (Lipinski definition) is 1. The minimum absolute atomic E-state index is 0.373. The van der Waals surface area contributed by atoms with Gasteiger partial charge in [-0.25, -0.2) is 4.39 Å². The van der Waals surface area contributed by atoms with Crippen molar-refractivity contribution in [2.45, 2.75) is 13.0 Å². The Labute approximate surface area is 135 Å². The van der Waals surface area contributed by atoms with Crippen molar-refractivity contribution in [2.24, 2.45) is 0 Å². The van der Waals surface area contributed by atoms with Crippen LogP contribution in [0.25, 0.3) is 0 Å². The van der Waals surface area contributed by atoms with E-state index >= 15 is 0 Å². The van der Waals surface area contributed by atoms with E-state index in [1.165, 1.54) is 18.2 Å². The summed E-state index contributed by atoms with van der Waals surface area (Å²) in [6.45, 7) is 1.61. The first-order valence-electron chi connectivity index (χ1n) is 6.14. The summed E-state index contributed by atoms with van der Waals surface area (Å²) in [6.07, 6.45) is -0.745. The van der Waals surface area contributed by atoms with E-state index < -0.39 is 11.9 Å². The summed E-state index contributed by atoms with van der Waals surface area (Å²) in [5.41, 5.74) is 0.380. The summed E-state index contributed by atoms with van der Waals surface area (Å²) < 4.78 is 19.3. The number of ether oxygens (including phenoxy) is 1. The Morgan fingerprint density at radius 3 is 2.76 bits per heavy atom. The van der Waals surface area contributed by atoms with Gasteiger partial charge in [-0.15, -0.1) is 0 Å². The van der Waals surface area contributed by atoms with Gasteiger partial charge in [-0.3, -0.25) is 4.79 Å². The molecule has 2 rings (SSSR count). The second-order valence-electron chi connectivity index (χ2n) is 4.33. The molecule has 1 atom stereocenters. The van der Waals surface area contributed by atoms with Crippen LogP contribution in [0, 0.1) is 5.82 Å². The van der Waals surface area contributed by atoms with Crippen molar-refractivity contribution in [2.75, 3.05) is 5.32 Å². The lowest BCUT2D eigenvalue weighted by Crippen LogP contribution is -2.30. The normalized spacial score (nSPS) is 11.8. The smallest absolute Gasteiger partial charge is 0.265 e. The van der Waals surface area contributed by atoms with Gasteiger partial charge in [-0.1, -0.05) is 17.7 Å². The van der Waals surface area contributed by atoms with Crippen LogP contribution in [0.1, 0.15) is 6.92 Å². The third-order valence-corrected chi connectivity index (χ3v) is 3.51. The van der Waals surface area contributed by atoms with Gasteiger partial charge in [-0.2, -0.15) is 0 Å². The molecule has 0 fully saturated rings. The summed E-state index contributed by atoms with van der Waals surface area (Å²) in [5, 5.41) is 3.15. The zero-order valence-corrected chi connectivity index (χ0v) is 13.4. The molecule has 0 aliphatic heterocycles. The number of anilines is 1. The van der Waals surface area contributed by atoms with Gasteiger partial charge in [0, 0.05) is 10.7 Å². The molecule has 0 saturated carbocycles. The molecular weight excluding hydrogens is 361 g/mol. The molecule has 110 valence electrons. The molecular formula is C15H12BrClFNO2. The van der Waals surface area contributed by atoms with Gasteiger partial charge >= 0.3 is 0 Å². The van der Waals surface area contributed by atoms with Crippen LogP contribution in [-0.2, 0) is 4.79 Å².